The van der Waals surface area contributed by atoms with Crippen molar-refractivity contribution in [2.75, 3.05) is 0 Å². The molecule has 3 unspecified atom stereocenters. The van der Waals surface area contributed by atoms with E-state index in [1.165, 1.54) is 19.3 Å². The first-order chi connectivity index (χ1) is 9.82. The molecule has 0 spiro atoms. The van der Waals surface area contributed by atoms with E-state index in [4.69, 9.17) is 6.42 Å². The molecule has 0 saturated heterocycles. The van der Waals surface area contributed by atoms with E-state index in [9.17, 15) is 4.79 Å². The molecule has 2 heteroatoms. The fourth-order valence-electron chi connectivity index (χ4n) is 6.48. The van der Waals surface area contributed by atoms with Gasteiger partial charge in [0, 0.05) is 12.5 Å². The van der Waals surface area contributed by atoms with Gasteiger partial charge in [0.15, 0.2) is 0 Å². The molecule has 4 aliphatic rings. The number of amides is 1. The van der Waals surface area contributed by atoms with Crippen LogP contribution >= 0.6 is 0 Å². The third-order valence-electron chi connectivity index (χ3n) is 6.30. The van der Waals surface area contributed by atoms with Crippen LogP contribution in [0.1, 0.15) is 72.1 Å². The molecule has 4 saturated carbocycles. The number of terminal acetylenes is 1. The second-order valence-electron chi connectivity index (χ2n) is 8.90. The molecule has 116 valence electrons. The largest absolute Gasteiger partial charge is 0.352 e. The van der Waals surface area contributed by atoms with Crippen LogP contribution in [-0.2, 0) is 4.79 Å². The van der Waals surface area contributed by atoms with Crippen LogP contribution in [0.3, 0.4) is 0 Å². The topological polar surface area (TPSA) is 29.1 Å². The maximum Gasteiger partial charge on any atom is 0.226 e. The molecule has 0 aromatic carbocycles. The van der Waals surface area contributed by atoms with E-state index in [1.54, 1.807) is 0 Å². The Hall–Kier alpha value is -0.970. The van der Waals surface area contributed by atoms with Crippen molar-refractivity contribution < 1.29 is 4.79 Å². The maximum atomic E-state index is 13.0. The van der Waals surface area contributed by atoms with Crippen LogP contribution in [-0.4, -0.2) is 11.9 Å². The molecule has 0 radical (unpaired) electrons. The third kappa shape index (κ3) is 2.50. The molecule has 0 aromatic heterocycles. The van der Waals surface area contributed by atoms with Gasteiger partial charge in [-0.1, -0.05) is 20.8 Å². The van der Waals surface area contributed by atoms with Crippen LogP contribution in [0.5, 0.6) is 0 Å². The summed E-state index contributed by atoms with van der Waals surface area (Å²) in [5.41, 5.74) is 0.670. The van der Waals surface area contributed by atoms with E-state index in [-0.39, 0.29) is 11.5 Å². The van der Waals surface area contributed by atoms with Gasteiger partial charge in [-0.3, -0.25) is 4.79 Å². The lowest BCUT2D eigenvalue weighted by molar-refractivity contribution is -0.170. The fraction of sp³-hybridized carbons (Fsp3) is 0.842. The highest BCUT2D eigenvalue weighted by Gasteiger charge is 2.62. The lowest BCUT2D eigenvalue weighted by Crippen LogP contribution is -2.60. The number of hydrogen-bond donors (Lipinski definition) is 1. The lowest BCUT2D eigenvalue weighted by Gasteiger charge is -2.64. The third-order valence-corrected chi connectivity index (χ3v) is 6.30. The quantitative estimate of drug-likeness (QED) is 0.781. The summed E-state index contributed by atoms with van der Waals surface area (Å²) in [4.78, 5) is 13.0. The van der Waals surface area contributed by atoms with Crippen molar-refractivity contribution in [2.24, 2.45) is 22.2 Å². The average molecular weight is 287 g/mol. The molecule has 0 aromatic rings. The van der Waals surface area contributed by atoms with Gasteiger partial charge in [0.25, 0.3) is 0 Å². The zero-order valence-corrected chi connectivity index (χ0v) is 13.8. The minimum absolute atomic E-state index is 0.106. The van der Waals surface area contributed by atoms with Crippen LogP contribution in [0.2, 0.25) is 0 Å². The second-order valence-corrected chi connectivity index (χ2v) is 8.90. The van der Waals surface area contributed by atoms with Gasteiger partial charge in [-0.05, 0) is 61.7 Å². The van der Waals surface area contributed by atoms with Gasteiger partial charge >= 0.3 is 0 Å². The summed E-state index contributed by atoms with van der Waals surface area (Å²) < 4.78 is 0. The Balaban J connectivity index is 1.81. The van der Waals surface area contributed by atoms with Crippen LogP contribution in [0, 0.1) is 34.5 Å². The number of carbonyl (C=O) groups excluding carboxylic acids is 1. The molecule has 4 rings (SSSR count). The Labute approximate surface area is 129 Å². The Morgan fingerprint density at radius 1 is 1.24 bits per heavy atom. The summed E-state index contributed by atoms with van der Waals surface area (Å²) in [6, 6.07) is 0.149. The maximum absolute atomic E-state index is 13.0. The SMILES string of the molecule is C#CCC(CC)NC(=O)C12CC3CC(C)(CC(C)(C3)C1)C2. The summed E-state index contributed by atoms with van der Waals surface area (Å²) in [6.45, 7) is 6.93. The van der Waals surface area contributed by atoms with Crippen molar-refractivity contribution in [3.05, 3.63) is 0 Å². The zero-order valence-electron chi connectivity index (χ0n) is 13.8. The summed E-state index contributed by atoms with van der Waals surface area (Å²) in [5, 5.41) is 3.28. The smallest absolute Gasteiger partial charge is 0.226 e. The molecular weight excluding hydrogens is 258 g/mol. The predicted octanol–water partition coefficient (Wildman–Crippen LogP) is 3.90. The van der Waals surface area contributed by atoms with Crippen molar-refractivity contribution in [3.8, 4) is 12.3 Å². The first kappa shape index (κ1) is 14.9. The van der Waals surface area contributed by atoms with Crippen LogP contribution < -0.4 is 5.32 Å². The van der Waals surface area contributed by atoms with E-state index in [1.807, 2.05) is 0 Å². The van der Waals surface area contributed by atoms with Gasteiger partial charge in [-0.25, -0.2) is 0 Å². The minimum Gasteiger partial charge on any atom is -0.352 e. The Kier molecular flexibility index (Phi) is 3.39. The number of carbonyl (C=O) groups is 1. The van der Waals surface area contributed by atoms with Gasteiger partial charge < -0.3 is 5.32 Å². The molecular formula is C19H29NO. The zero-order chi connectivity index (χ0) is 15.3. The van der Waals surface area contributed by atoms with E-state index in [0.717, 1.165) is 31.6 Å². The van der Waals surface area contributed by atoms with Gasteiger partial charge in [0.05, 0.1) is 5.41 Å². The molecule has 2 nitrogen and oxygen atoms in total. The standard InChI is InChI=1S/C19H29NO/c1-5-7-15(6-2)20-16(21)19-10-14-8-17(3,12-19)11-18(4,9-14)13-19/h1,14-15H,6-13H2,2-4H3,(H,20,21). The first-order valence-corrected chi connectivity index (χ1v) is 8.57. The van der Waals surface area contributed by atoms with Crippen molar-refractivity contribution in [2.45, 2.75) is 78.2 Å². The molecule has 3 atom stereocenters. The molecule has 0 heterocycles. The Bertz CT molecular complexity index is 470. The average Bonchev–Trinajstić information content (AvgIpc) is 2.33. The molecule has 0 aliphatic heterocycles. The fourth-order valence-corrected chi connectivity index (χ4v) is 6.48. The van der Waals surface area contributed by atoms with Crippen molar-refractivity contribution in [3.63, 3.8) is 0 Å². The van der Waals surface area contributed by atoms with Gasteiger partial charge in [0.1, 0.15) is 0 Å². The first-order valence-electron chi connectivity index (χ1n) is 8.57. The normalized spacial score (nSPS) is 45.1. The monoisotopic (exact) mass is 287 g/mol. The number of rotatable bonds is 4. The molecule has 4 aliphatic carbocycles. The highest BCUT2D eigenvalue weighted by Crippen LogP contribution is 2.69. The van der Waals surface area contributed by atoms with E-state index < -0.39 is 0 Å². The Morgan fingerprint density at radius 2 is 1.86 bits per heavy atom. The number of hydrogen-bond acceptors (Lipinski definition) is 1. The van der Waals surface area contributed by atoms with Crippen LogP contribution in [0.25, 0.3) is 0 Å². The van der Waals surface area contributed by atoms with Crippen molar-refractivity contribution in [1.29, 1.82) is 0 Å². The highest BCUT2D eigenvalue weighted by molar-refractivity contribution is 5.83. The van der Waals surface area contributed by atoms with E-state index >= 15 is 0 Å². The highest BCUT2D eigenvalue weighted by atomic mass is 16.2. The van der Waals surface area contributed by atoms with Crippen molar-refractivity contribution >= 4 is 5.91 Å². The lowest BCUT2D eigenvalue weighted by atomic mass is 9.40. The molecule has 1 N–H and O–H groups in total. The van der Waals surface area contributed by atoms with Gasteiger partial charge in [-0.2, -0.15) is 0 Å². The minimum atomic E-state index is -0.106. The van der Waals surface area contributed by atoms with Crippen molar-refractivity contribution in [1.82, 2.24) is 5.32 Å². The second kappa shape index (κ2) is 4.77. The molecule has 1 amide bonds. The van der Waals surface area contributed by atoms with Crippen LogP contribution in [0.4, 0.5) is 0 Å². The van der Waals surface area contributed by atoms with Gasteiger partial charge in [0.2, 0.25) is 5.91 Å². The summed E-state index contributed by atoms with van der Waals surface area (Å²) in [6.07, 6.45) is 14.3. The Morgan fingerprint density at radius 3 is 2.33 bits per heavy atom. The number of nitrogens with one attached hydrogen (secondary N) is 1. The molecule has 4 bridgehead atoms. The predicted molar refractivity (Wildman–Crippen MR) is 85.5 cm³/mol. The van der Waals surface area contributed by atoms with Crippen LogP contribution in [0.15, 0.2) is 0 Å². The van der Waals surface area contributed by atoms with E-state index in [0.29, 0.717) is 23.2 Å². The summed E-state index contributed by atoms with van der Waals surface area (Å²) in [5.74, 6) is 3.75. The molecule has 4 fully saturated rings. The van der Waals surface area contributed by atoms with Gasteiger partial charge in [-0.15, -0.1) is 12.3 Å². The summed E-state index contributed by atoms with van der Waals surface area (Å²) in [7, 11) is 0. The van der Waals surface area contributed by atoms with E-state index in [2.05, 4.69) is 32.0 Å². The summed E-state index contributed by atoms with van der Waals surface area (Å²) >= 11 is 0. The molecule has 21 heavy (non-hydrogen) atoms.